The minimum absolute atomic E-state index is 0.0449. The summed E-state index contributed by atoms with van der Waals surface area (Å²) in [5.41, 5.74) is 1.82. The van der Waals surface area contributed by atoms with Crippen LogP contribution in [0.4, 0.5) is 0 Å². The Bertz CT molecular complexity index is 895. The maximum absolute atomic E-state index is 12.9. The Labute approximate surface area is 164 Å². The molecule has 2 aromatic rings. The van der Waals surface area contributed by atoms with Crippen molar-refractivity contribution in [3.8, 4) is 0 Å². The number of benzene rings is 1. The van der Waals surface area contributed by atoms with E-state index in [1.54, 1.807) is 7.11 Å². The lowest BCUT2D eigenvalue weighted by Crippen LogP contribution is -2.40. The summed E-state index contributed by atoms with van der Waals surface area (Å²) >= 11 is 0. The molecule has 1 aromatic heterocycles. The van der Waals surface area contributed by atoms with Gasteiger partial charge in [0.15, 0.2) is 0 Å². The predicted octanol–water partition coefficient (Wildman–Crippen LogP) is 2.35. The largest absolute Gasteiger partial charge is 0.383 e. The molecule has 150 valence electrons. The van der Waals surface area contributed by atoms with E-state index in [0.717, 1.165) is 49.2 Å². The molecule has 0 spiro atoms. The maximum Gasteiger partial charge on any atom is 0.346 e. The van der Waals surface area contributed by atoms with Crippen molar-refractivity contribution in [3.05, 3.63) is 51.7 Å². The van der Waals surface area contributed by atoms with Crippen LogP contribution in [0.3, 0.4) is 0 Å². The number of carbonyl (C=O) groups is 1. The van der Waals surface area contributed by atoms with Crippen molar-refractivity contribution in [3.63, 3.8) is 0 Å². The number of carbonyl (C=O) groups excluding carboxylic acids is 1. The first kappa shape index (κ1) is 18.9. The molecule has 7 heteroatoms. The highest BCUT2D eigenvalue weighted by Gasteiger charge is 2.35. The standard InChI is InChI=1S/C21H28N4O3/c1-15-5-7-16(8-6-15)20(26)23-11-3-4-17(14-23)19-22-24(12-13-28-2)21(27)25(19)18-9-10-18/h5-8,17-18H,3-4,9-14H2,1-2H3. The van der Waals surface area contributed by atoms with Crippen LogP contribution in [0.25, 0.3) is 0 Å². The van der Waals surface area contributed by atoms with Gasteiger partial charge < -0.3 is 9.64 Å². The summed E-state index contributed by atoms with van der Waals surface area (Å²) in [4.78, 5) is 27.7. The molecule has 0 N–H and O–H groups in total. The zero-order valence-corrected chi connectivity index (χ0v) is 16.6. The number of likely N-dealkylation sites (tertiary alicyclic amines) is 1. The minimum atomic E-state index is -0.0449. The van der Waals surface area contributed by atoms with Crippen LogP contribution in [0.5, 0.6) is 0 Å². The molecule has 2 fully saturated rings. The van der Waals surface area contributed by atoms with Gasteiger partial charge in [-0.25, -0.2) is 9.48 Å². The normalized spacial score (nSPS) is 19.8. The molecule has 0 radical (unpaired) electrons. The van der Waals surface area contributed by atoms with Gasteiger partial charge in [0.25, 0.3) is 5.91 Å². The van der Waals surface area contributed by atoms with Gasteiger partial charge in [-0.3, -0.25) is 9.36 Å². The van der Waals surface area contributed by atoms with Gasteiger partial charge in [-0.2, -0.15) is 5.10 Å². The van der Waals surface area contributed by atoms with Gasteiger partial charge >= 0.3 is 5.69 Å². The lowest BCUT2D eigenvalue weighted by atomic mass is 9.96. The summed E-state index contributed by atoms with van der Waals surface area (Å²) in [6.45, 7) is 4.30. The van der Waals surface area contributed by atoms with E-state index in [0.29, 0.717) is 19.7 Å². The van der Waals surface area contributed by atoms with Gasteiger partial charge in [-0.1, -0.05) is 17.7 Å². The Morgan fingerprint density at radius 1 is 1.21 bits per heavy atom. The second-order valence-electron chi connectivity index (χ2n) is 7.91. The van der Waals surface area contributed by atoms with Crippen LogP contribution in [0.15, 0.2) is 29.1 Å². The van der Waals surface area contributed by atoms with Crippen molar-refractivity contribution in [2.75, 3.05) is 26.8 Å². The van der Waals surface area contributed by atoms with E-state index in [9.17, 15) is 9.59 Å². The predicted molar refractivity (Wildman–Crippen MR) is 106 cm³/mol. The number of amides is 1. The van der Waals surface area contributed by atoms with E-state index in [2.05, 4.69) is 5.10 Å². The van der Waals surface area contributed by atoms with Crippen molar-refractivity contribution >= 4 is 5.91 Å². The lowest BCUT2D eigenvalue weighted by Gasteiger charge is -2.32. The first-order valence-electron chi connectivity index (χ1n) is 10.1. The van der Waals surface area contributed by atoms with Crippen LogP contribution in [0, 0.1) is 6.92 Å². The Hall–Kier alpha value is -2.41. The molecular weight excluding hydrogens is 356 g/mol. The summed E-state index contributed by atoms with van der Waals surface area (Å²) in [5, 5.41) is 4.66. The molecule has 1 atom stereocenters. The smallest absolute Gasteiger partial charge is 0.346 e. The van der Waals surface area contributed by atoms with Gasteiger partial charge in [-0.15, -0.1) is 0 Å². The third-order valence-electron chi connectivity index (χ3n) is 5.69. The van der Waals surface area contributed by atoms with Gasteiger partial charge in [-0.05, 0) is 44.7 Å². The highest BCUT2D eigenvalue weighted by molar-refractivity contribution is 5.94. The zero-order valence-electron chi connectivity index (χ0n) is 16.6. The average Bonchev–Trinajstić information content (AvgIpc) is 3.50. The zero-order chi connectivity index (χ0) is 19.7. The first-order chi connectivity index (χ1) is 13.6. The fraction of sp³-hybridized carbons (Fsp3) is 0.571. The third kappa shape index (κ3) is 3.76. The SMILES string of the molecule is COCCn1nc(C2CCCN(C(=O)c3ccc(C)cc3)C2)n(C2CC2)c1=O. The number of nitrogens with zero attached hydrogens (tertiary/aromatic N) is 4. The van der Waals surface area contributed by atoms with Crippen molar-refractivity contribution in [1.82, 2.24) is 19.2 Å². The number of ether oxygens (including phenoxy) is 1. The molecule has 1 amide bonds. The summed E-state index contributed by atoms with van der Waals surface area (Å²) in [5.74, 6) is 0.995. The van der Waals surface area contributed by atoms with E-state index in [-0.39, 0.29) is 23.6 Å². The molecule has 1 aliphatic carbocycles. The minimum Gasteiger partial charge on any atom is -0.383 e. The quantitative estimate of drug-likeness (QED) is 0.767. The number of hydrogen-bond donors (Lipinski definition) is 0. The van der Waals surface area contributed by atoms with Crippen molar-refractivity contribution < 1.29 is 9.53 Å². The fourth-order valence-electron chi connectivity index (χ4n) is 3.97. The van der Waals surface area contributed by atoms with Gasteiger partial charge in [0.2, 0.25) is 0 Å². The molecule has 1 aromatic carbocycles. The lowest BCUT2D eigenvalue weighted by molar-refractivity contribution is 0.0703. The van der Waals surface area contributed by atoms with E-state index < -0.39 is 0 Å². The highest BCUT2D eigenvalue weighted by atomic mass is 16.5. The van der Waals surface area contributed by atoms with Crippen LogP contribution in [-0.4, -0.2) is 52.0 Å². The molecule has 2 heterocycles. The Balaban J connectivity index is 1.56. The van der Waals surface area contributed by atoms with Gasteiger partial charge in [0, 0.05) is 37.7 Å². The molecule has 2 aliphatic rings. The summed E-state index contributed by atoms with van der Waals surface area (Å²) in [6.07, 6.45) is 3.93. The molecule has 28 heavy (non-hydrogen) atoms. The van der Waals surface area contributed by atoms with Crippen LogP contribution >= 0.6 is 0 Å². The second-order valence-corrected chi connectivity index (χ2v) is 7.91. The molecule has 1 saturated carbocycles. The number of aromatic nitrogens is 3. The molecule has 1 aliphatic heterocycles. The van der Waals surface area contributed by atoms with Crippen LogP contribution in [0.1, 0.15) is 59.4 Å². The Kier molecular flexibility index (Phi) is 5.35. The molecule has 0 bridgehead atoms. The number of methoxy groups -OCH3 is 1. The fourth-order valence-corrected chi connectivity index (χ4v) is 3.97. The third-order valence-corrected chi connectivity index (χ3v) is 5.69. The van der Waals surface area contributed by atoms with E-state index in [1.165, 1.54) is 4.68 Å². The molecule has 7 nitrogen and oxygen atoms in total. The molecule has 1 unspecified atom stereocenters. The van der Waals surface area contributed by atoms with E-state index >= 15 is 0 Å². The topological polar surface area (TPSA) is 69.4 Å². The number of hydrogen-bond acceptors (Lipinski definition) is 4. The molecule has 4 rings (SSSR count). The summed E-state index contributed by atoms with van der Waals surface area (Å²) < 4.78 is 8.52. The van der Waals surface area contributed by atoms with E-state index in [1.807, 2.05) is 40.7 Å². The maximum atomic E-state index is 12.9. The summed E-state index contributed by atoms with van der Waals surface area (Å²) in [7, 11) is 1.62. The van der Waals surface area contributed by atoms with Crippen molar-refractivity contribution in [2.45, 2.75) is 51.1 Å². The number of aryl methyl sites for hydroxylation is 1. The van der Waals surface area contributed by atoms with Crippen LogP contribution in [-0.2, 0) is 11.3 Å². The second kappa shape index (κ2) is 7.91. The number of rotatable bonds is 6. The highest BCUT2D eigenvalue weighted by Crippen LogP contribution is 2.37. The molecule has 1 saturated heterocycles. The van der Waals surface area contributed by atoms with Crippen molar-refractivity contribution in [1.29, 1.82) is 0 Å². The first-order valence-corrected chi connectivity index (χ1v) is 10.1. The summed E-state index contributed by atoms with van der Waals surface area (Å²) in [6, 6.07) is 7.98. The Morgan fingerprint density at radius 2 is 1.96 bits per heavy atom. The molecular formula is C21H28N4O3. The van der Waals surface area contributed by atoms with Crippen LogP contribution < -0.4 is 5.69 Å². The van der Waals surface area contributed by atoms with Gasteiger partial charge in [0.1, 0.15) is 5.82 Å². The average molecular weight is 384 g/mol. The number of piperidine rings is 1. The van der Waals surface area contributed by atoms with Gasteiger partial charge in [0.05, 0.1) is 13.2 Å². The Morgan fingerprint density at radius 3 is 2.64 bits per heavy atom. The van der Waals surface area contributed by atoms with Crippen molar-refractivity contribution in [2.24, 2.45) is 0 Å². The van der Waals surface area contributed by atoms with E-state index in [4.69, 9.17) is 4.74 Å². The van der Waals surface area contributed by atoms with Crippen LogP contribution in [0.2, 0.25) is 0 Å². The monoisotopic (exact) mass is 384 g/mol.